The van der Waals surface area contributed by atoms with E-state index in [2.05, 4.69) is 26.9 Å². The van der Waals surface area contributed by atoms with Gasteiger partial charge >= 0.3 is 0 Å². The number of fused-ring (bicyclic) bond motifs is 1. The molecule has 33 heavy (non-hydrogen) atoms. The van der Waals surface area contributed by atoms with Gasteiger partial charge in [-0.1, -0.05) is 47.4 Å². The molecule has 1 amide bonds. The summed E-state index contributed by atoms with van der Waals surface area (Å²) in [5.41, 5.74) is 3.06. The molecule has 2 aromatic heterocycles. The fraction of sp³-hybridized carbons (Fsp3) is 0.174. The van der Waals surface area contributed by atoms with E-state index in [9.17, 15) is 9.59 Å². The van der Waals surface area contributed by atoms with Gasteiger partial charge in [-0.05, 0) is 24.3 Å². The summed E-state index contributed by atoms with van der Waals surface area (Å²) in [4.78, 5) is 24.2. The van der Waals surface area contributed by atoms with Crippen molar-refractivity contribution in [3.05, 3.63) is 60.3 Å². The standard InChI is InChI=1S/C23H20N6O2S2/c1-15(30)25-16-6-4-7-17(12-16)26-22-27-28-23(33-22)32-14-21(31)19-13-29(11-5-10-24)20-9-3-2-8-18(19)20/h2-4,6-9,12-13H,5,11,14H2,1H3,(H,25,30)(H,26,27). The van der Waals surface area contributed by atoms with Crippen molar-refractivity contribution < 1.29 is 9.59 Å². The van der Waals surface area contributed by atoms with Crippen LogP contribution in [0, 0.1) is 11.3 Å². The second kappa shape index (κ2) is 10.3. The summed E-state index contributed by atoms with van der Waals surface area (Å²) in [5, 5.41) is 24.6. The van der Waals surface area contributed by atoms with Gasteiger partial charge in [0.15, 0.2) is 10.1 Å². The van der Waals surface area contributed by atoms with Gasteiger partial charge < -0.3 is 15.2 Å². The minimum atomic E-state index is -0.139. The van der Waals surface area contributed by atoms with E-state index in [1.807, 2.05) is 47.2 Å². The van der Waals surface area contributed by atoms with Crippen LogP contribution >= 0.6 is 23.1 Å². The molecule has 4 aromatic rings. The van der Waals surface area contributed by atoms with Crippen LogP contribution in [0.15, 0.2) is 59.1 Å². The van der Waals surface area contributed by atoms with Gasteiger partial charge in [0, 0.05) is 47.5 Å². The molecular formula is C23H20N6O2S2. The smallest absolute Gasteiger partial charge is 0.221 e. The molecule has 0 unspecified atom stereocenters. The van der Waals surface area contributed by atoms with Crippen molar-refractivity contribution in [3.63, 3.8) is 0 Å². The van der Waals surface area contributed by atoms with Gasteiger partial charge in [0.05, 0.1) is 18.2 Å². The molecule has 4 rings (SSSR count). The van der Waals surface area contributed by atoms with Gasteiger partial charge in [0.1, 0.15) is 0 Å². The number of carbonyl (C=O) groups excluding carboxylic acids is 2. The maximum absolute atomic E-state index is 12.9. The lowest BCUT2D eigenvalue weighted by molar-refractivity contribution is -0.114. The van der Waals surface area contributed by atoms with Crippen LogP contribution in [0.1, 0.15) is 23.7 Å². The molecule has 0 aliphatic rings. The lowest BCUT2D eigenvalue weighted by atomic mass is 10.1. The van der Waals surface area contributed by atoms with Crippen LogP contribution in [-0.4, -0.2) is 32.2 Å². The first-order chi connectivity index (χ1) is 16.0. The molecule has 0 aliphatic heterocycles. The van der Waals surface area contributed by atoms with Gasteiger partial charge in [-0.15, -0.1) is 10.2 Å². The molecule has 2 aromatic carbocycles. The molecule has 10 heteroatoms. The molecular weight excluding hydrogens is 456 g/mol. The zero-order valence-electron chi connectivity index (χ0n) is 17.7. The average molecular weight is 477 g/mol. The fourth-order valence-corrected chi connectivity index (χ4v) is 5.01. The van der Waals surface area contributed by atoms with Crippen molar-refractivity contribution in [2.75, 3.05) is 16.4 Å². The van der Waals surface area contributed by atoms with Crippen molar-refractivity contribution in [1.29, 1.82) is 5.26 Å². The number of hydrogen-bond acceptors (Lipinski definition) is 8. The van der Waals surface area contributed by atoms with E-state index in [1.165, 1.54) is 30.0 Å². The summed E-state index contributed by atoms with van der Waals surface area (Å²) < 4.78 is 2.63. The Hall–Kier alpha value is -3.68. The summed E-state index contributed by atoms with van der Waals surface area (Å²) >= 11 is 2.69. The number of aryl methyl sites for hydroxylation is 1. The number of nitriles is 1. The van der Waals surface area contributed by atoms with Gasteiger partial charge in [0.25, 0.3) is 0 Å². The van der Waals surface area contributed by atoms with Crippen LogP contribution in [0.4, 0.5) is 16.5 Å². The Morgan fingerprint density at radius 2 is 1.97 bits per heavy atom. The first kappa shape index (κ1) is 22.5. The summed E-state index contributed by atoms with van der Waals surface area (Å²) in [5.74, 6) is 0.0954. The Bertz CT molecular complexity index is 1350. The molecule has 0 spiro atoms. The molecule has 0 atom stereocenters. The van der Waals surface area contributed by atoms with Gasteiger partial charge in [-0.25, -0.2) is 0 Å². The Morgan fingerprint density at radius 1 is 1.15 bits per heavy atom. The van der Waals surface area contributed by atoms with Crippen LogP contribution in [0.2, 0.25) is 0 Å². The molecule has 0 bridgehead atoms. The molecule has 2 heterocycles. The minimum Gasteiger partial charge on any atom is -0.346 e. The van der Waals surface area contributed by atoms with E-state index in [0.717, 1.165) is 16.6 Å². The third-order valence-electron chi connectivity index (χ3n) is 4.72. The Kier molecular flexibility index (Phi) is 7.02. The maximum Gasteiger partial charge on any atom is 0.221 e. The number of anilines is 3. The highest BCUT2D eigenvalue weighted by atomic mass is 32.2. The van der Waals surface area contributed by atoms with E-state index < -0.39 is 0 Å². The minimum absolute atomic E-state index is 0.000347. The number of carbonyl (C=O) groups is 2. The van der Waals surface area contributed by atoms with Gasteiger partial charge in [-0.3, -0.25) is 9.59 Å². The summed E-state index contributed by atoms with van der Waals surface area (Å²) in [6.45, 7) is 2.01. The monoisotopic (exact) mass is 476 g/mol. The number of nitrogens with zero attached hydrogens (tertiary/aromatic N) is 4. The lowest BCUT2D eigenvalue weighted by Gasteiger charge is -2.05. The second-order valence-corrected chi connectivity index (χ2v) is 9.33. The molecule has 0 saturated heterocycles. The molecule has 0 fully saturated rings. The predicted molar refractivity (Wildman–Crippen MR) is 131 cm³/mol. The normalized spacial score (nSPS) is 10.7. The summed E-state index contributed by atoms with van der Waals surface area (Å²) in [6, 6.07) is 17.2. The largest absolute Gasteiger partial charge is 0.346 e. The first-order valence-corrected chi connectivity index (χ1v) is 11.9. The van der Waals surface area contributed by atoms with Crippen molar-refractivity contribution in [1.82, 2.24) is 14.8 Å². The highest BCUT2D eigenvalue weighted by molar-refractivity contribution is 8.01. The van der Waals surface area contributed by atoms with Crippen molar-refractivity contribution in [2.45, 2.75) is 24.2 Å². The molecule has 0 aliphatic carbocycles. The van der Waals surface area contributed by atoms with Crippen LogP contribution in [0.3, 0.4) is 0 Å². The maximum atomic E-state index is 12.9. The zero-order chi connectivity index (χ0) is 23.2. The number of rotatable bonds is 9. The van der Waals surface area contributed by atoms with Crippen molar-refractivity contribution in [3.8, 4) is 6.07 Å². The number of nitrogens with one attached hydrogen (secondary N) is 2. The van der Waals surface area contributed by atoms with Crippen molar-refractivity contribution in [2.24, 2.45) is 0 Å². The Balaban J connectivity index is 1.41. The highest BCUT2D eigenvalue weighted by Crippen LogP contribution is 2.30. The van der Waals surface area contributed by atoms with E-state index in [0.29, 0.717) is 33.7 Å². The zero-order valence-corrected chi connectivity index (χ0v) is 19.4. The van der Waals surface area contributed by atoms with Crippen LogP contribution in [0.5, 0.6) is 0 Å². The molecule has 8 nitrogen and oxygen atoms in total. The second-order valence-electron chi connectivity index (χ2n) is 7.13. The van der Waals surface area contributed by atoms with Gasteiger partial charge in [-0.2, -0.15) is 5.26 Å². The SMILES string of the molecule is CC(=O)Nc1cccc(Nc2nnc(SCC(=O)c3cn(CCC#N)c4ccccc34)s2)c1. The molecule has 0 radical (unpaired) electrons. The summed E-state index contributed by atoms with van der Waals surface area (Å²) in [6.07, 6.45) is 2.22. The third kappa shape index (κ3) is 5.58. The Morgan fingerprint density at radius 3 is 2.79 bits per heavy atom. The lowest BCUT2D eigenvalue weighted by Crippen LogP contribution is -2.05. The van der Waals surface area contributed by atoms with E-state index in [-0.39, 0.29) is 17.4 Å². The van der Waals surface area contributed by atoms with E-state index in [1.54, 1.807) is 12.1 Å². The third-order valence-corrected chi connectivity index (χ3v) is 6.69. The molecule has 166 valence electrons. The topological polar surface area (TPSA) is 113 Å². The van der Waals surface area contributed by atoms with E-state index in [4.69, 9.17) is 5.26 Å². The van der Waals surface area contributed by atoms with Crippen molar-refractivity contribution >= 4 is 62.2 Å². The van der Waals surface area contributed by atoms with E-state index >= 15 is 0 Å². The number of thioether (sulfide) groups is 1. The number of ketones is 1. The molecule has 2 N–H and O–H groups in total. The predicted octanol–water partition coefficient (Wildman–Crippen LogP) is 5.08. The number of amides is 1. The highest BCUT2D eigenvalue weighted by Gasteiger charge is 2.16. The number of hydrogen-bond donors (Lipinski definition) is 2. The van der Waals surface area contributed by atoms with Crippen LogP contribution in [-0.2, 0) is 11.3 Å². The fourth-order valence-electron chi connectivity index (χ4n) is 3.35. The number of benzene rings is 2. The number of Topliss-reactive ketones (excluding diaryl/α,β-unsaturated/α-hetero) is 1. The van der Waals surface area contributed by atoms with Crippen LogP contribution < -0.4 is 10.6 Å². The average Bonchev–Trinajstić information content (AvgIpc) is 3.40. The van der Waals surface area contributed by atoms with Gasteiger partial charge in [0.2, 0.25) is 11.0 Å². The summed E-state index contributed by atoms with van der Waals surface area (Å²) in [7, 11) is 0. The quantitative estimate of drug-likeness (QED) is 0.256. The number of para-hydroxylation sites is 1. The molecule has 0 saturated carbocycles. The van der Waals surface area contributed by atoms with Crippen LogP contribution in [0.25, 0.3) is 10.9 Å². The first-order valence-electron chi connectivity index (χ1n) is 10.1. The number of aromatic nitrogens is 3. The Labute approximate surface area is 198 Å².